The van der Waals surface area contributed by atoms with Gasteiger partial charge in [0.2, 0.25) is 0 Å². The molecule has 0 aromatic rings. The Balaban J connectivity index is 3.78. The van der Waals surface area contributed by atoms with E-state index in [-0.39, 0.29) is 6.10 Å². The number of ether oxygens (including phenoxy) is 1. The lowest BCUT2D eigenvalue weighted by atomic mass is 10.1. The minimum absolute atomic E-state index is 0.0406. The van der Waals surface area contributed by atoms with Gasteiger partial charge in [-0.3, -0.25) is 0 Å². The molecule has 0 aromatic carbocycles. The second-order valence-corrected chi connectivity index (χ2v) is 2.93. The highest BCUT2D eigenvalue weighted by molar-refractivity contribution is 4.90. The summed E-state index contributed by atoms with van der Waals surface area (Å²) in [4.78, 5) is 0. The van der Waals surface area contributed by atoms with Gasteiger partial charge in [-0.2, -0.15) is 0 Å². The van der Waals surface area contributed by atoms with E-state index in [9.17, 15) is 5.11 Å². The molecule has 2 unspecified atom stereocenters. The van der Waals surface area contributed by atoms with Crippen molar-refractivity contribution in [2.45, 2.75) is 45.3 Å². The second-order valence-electron chi connectivity index (χ2n) is 2.93. The summed E-state index contributed by atoms with van der Waals surface area (Å²) in [5.41, 5.74) is 0. The molecule has 0 heterocycles. The fourth-order valence-electron chi connectivity index (χ4n) is 1.15. The number of hydrogen-bond donors (Lipinski definition) is 1. The van der Waals surface area contributed by atoms with E-state index in [0.29, 0.717) is 0 Å². The van der Waals surface area contributed by atoms with Gasteiger partial charge in [-0.1, -0.05) is 31.9 Å². The maximum Gasteiger partial charge on any atom is 0.0982 e. The van der Waals surface area contributed by atoms with E-state index in [1.807, 2.05) is 13.0 Å². The first-order chi connectivity index (χ1) is 5.76. The van der Waals surface area contributed by atoms with Gasteiger partial charge in [-0.15, -0.1) is 0 Å². The molecule has 0 aliphatic carbocycles. The average molecular weight is 172 g/mol. The molecule has 0 saturated heterocycles. The predicted octanol–water partition coefficient (Wildman–Crippen LogP) is 2.13. The van der Waals surface area contributed by atoms with E-state index in [1.54, 1.807) is 13.2 Å². The normalized spacial score (nSPS) is 16.7. The summed E-state index contributed by atoms with van der Waals surface area (Å²) in [6.45, 7) is 4.03. The molecule has 0 rings (SSSR count). The first-order valence-electron chi connectivity index (χ1n) is 4.59. The summed E-state index contributed by atoms with van der Waals surface area (Å²) in [6, 6.07) is 0. The standard InChI is InChI=1S/C10H20O2/c1-4-6-8-10(12-3)9(11)7-5-2/h5,7,9-11H,4,6,8H2,1-3H3. The van der Waals surface area contributed by atoms with Gasteiger partial charge in [0.05, 0.1) is 12.2 Å². The SMILES string of the molecule is CC=CC(O)C(CCCC)OC. The zero-order valence-corrected chi connectivity index (χ0v) is 8.29. The second kappa shape index (κ2) is 7.32. The van der Waals surface area contributed by atoms with Gasteiger partial charge >= 0.3 is 0 Å². The maximum absolute atomic E-state index is 9.52. The third-order valence-electron chi connectivity index (χ3n) is 1.92. The highest BCUT2D eigenvalue weighted by atomic mass is 16.5. The highest BCUT2D eigenvalue weighted by Crippen LogP contribution is 2.09. The molecule has 0 aromatic heterocycles. The van der Waals surface area contributed by atoms with Crippen molar-refractivity contribution < 1.29 is 9.84 Å². The molecule has 0 radical (unpaired) electrons. The third-order valence-corrected chi connectivity index (χ3v) is 1.92. The summed E-state index contributed by atoms with van der Waals surface area (Å²) in [7, 11) is 1.65. The van der Waals surface area contributed by atoms with Crippen molar-refractivity contribution in [2.75, 3.05) is 7.11 Å². The van der Waals surface area contributed by atoms with Crippen LogP contribution in [0, 0.1) is 0 Å². The fourth-order valence-corrected chi connectivity index (χ4v) is 1.15. The average Bonchev–Trinajstić information content (AvgIpc) is 2.06. The van der Waals surface area contributed by atoms with Gasteiger partial charge < -0.3 is 9.84 Å². The molecule has 0 aliphatic heterocycles. The van der Waals surface area contributed by atoms with Crippen LogP contribution >= 0.6 is 0 Å². The van der Waals surface area contributed by atoms with Crippen LogP contribution in [0.4, 0.5) is 0 Å². The van der Waals surface area contributed by atoms with Crippen molar-refractivity contribution in [1.82, 2.24) is 0 Å². The summed E-state index contributed by atoms with van der Waals surface area (Å²) in [5.74, 6) is 0. The fraction of sp³-hybridized carbons (Fsp3) is 0.800. The van der Waals surface area contributed by atoms with Gasteiger partial charge in [0.1, 0.15) is 0 Å². The number of aliphatic hydroxyl groups is 1. The first kappa shape index (κ1) is 11.7. The van der Waals surface area contributed by atoms with E-state index in [1.165, 1.54) is 0 Å². The Morgan fingerprint density at radius 2 is 2.17 bits per heavy atom. The minimum Gasteiger partial charge on any atom is -0.386 e. The summed E-state index contributed by atoms with van der Waals surface area (Å²) in [6.07, 6.45) is 6.30. The molecule has 0 saturated carbocycles. The van der Waals surface area contributed by atoms with E-state index in [0.717, 1.165) is 19.3 Å². The monoisotopic (exact) mass is 172 g/mol. The van der Waals surface area contributed by atoms with Crippen LogP contribution in [0.25, 0.3) is 0 Å². The van der Waals surface area contributed by atoms with Crippen molar-refractivity contribution in [3.8, 4) is 0 Å². The Labute approximate surface area is 75.2 Å². The smallest absolute Gasteiger partial charge is 0.0982 e. The zero-order chi connectivity index (χ0) is 9.40. The van der Waals surface area contributed by atoms with Gasteiger partial charge in [0.15, 0.2) is 0 Å². The summed E-state index contributed by atoms with van der Waals surface area (Å²) < 4.78 is 5.17. The van der Waals surface area contributed by atoms with Crippen molar-refractivity contribution in [3.63, 3.8) is 0 Å². The van der Waals surface area contributed by atoms with Crippen molar-refractivity contribution >= 4 is 0 Å². The van der Waals surface area contributed by atoms with Gasteiger partial charge in [0.25, 0.3) is 0 Å². The van der Waals surface area contributed by atoms with E-state index < -0.39 is 6.10 Å². The third kappa shape index (κ3) is 4.52. The number of unbranched alkanes of at least 4 members (excludes halogenated alkanes) is 1. The van der Waals surface area contributed by atoms with E-state index >= 15 is 0 Å². The molecular formula is C10H20O2. The number of aliphatic hydroxyl groups excluding tert-OH is 1. The lowest BCUT2D eigenvalue weighted by Gasteiger charge is -2.18. The Kier molecular flexibility index (Phi) is 7.11. The number of allylic oxidation sites excluding steroid dienone is 1. The largest absolute Gasteiger partial charge is 0.386 e. The van der Waals surface area contributed by atoms with Crippen LogP contribution in [-0.4, -0.2) is 24.4 Å². The van der Waals surface area contributed by atoms with Gasteiger partial charge in [-0.25, -0.2) is 0 Å². The molecule has 12 heavy (non-hydrogen) atoms. The van der Waals surface area contributed by atoms with Crippen LogP contribution in [0.3, 0.4) is 0 Å². The molecule has 72 valence electrons. The quantitative estimate of drug-likeness (QED) is 0.622. The number of rotatable bonds is 6. The molecule has 0 spiro atoms. The topological polar surface area (TPSA) is 29.5 Å². The summed E-state index contributed by atoms with van der Waals surface area (Å²) >= 11 is 0. The molecule has 2 heteroatoms. The molecule has 0 amide bonds. The lowest BCUT2D eigenvalue weighted by molar-refractivity contribution is 0.00597. The highest BCUT2D eigenvalue weighted by Gasteiger charge is 2.14. The Bertz CT molecular complexity index is 121. The number of hydrogen-bond acceptors (Lipinski definition) is 2. The Hall–Kier alpha value is -0.340. The van der Waals surface area contributed by atoms with Crippen molar-refractivity contribution in [2.24, 2.45) is 0 Å². The molecule has 1 N–H and O–H groups in total. The van der Waals surface area contributed by atoms with Crippen LogP contribution in [0.5, 0.6) is 0 Å². The minimum atomic E-state index is -0.452. The lowest BCUT2D eigenvalue weighted by Crippen LogP contribution is -2.25. The van der Waals surface area contributed by atoms with E-state index in [4.69, 9.17) is 4.74 Å². The molecular weight excluding hydrogens is 152 g/mol. The number of methoxy groups -OCH3 is 1. The van der Waals surface area contributed by atoms with Crippen LogP contribution in [0.15, 0.2) is 12.2 Å². The Morgan fingerprint density at radius 1 is 1.50 bits per heavy atom. The predicted molar refractivity (Wildman–Crippen MR) is 51.1 cm³/mol. The molecule has 0 aliphatic rings. The molecule has 0 fully saturated rings. The first-order valence-corrected chi connectivity index (χ1v) is 4.59. The van der Waals surface area contributed by atoms with Crippen LogP contribution in [0.2, 0.25) is 0 Å². The summed E-state index contributed by atoms with van der Waals surface area (Å²) in [5, 5.41) is 9.52. The van der Waals surface area contributed by atoms with Crippen LogP contribution < -0.4 is 0 Å². The zero-order valence-electron chi connectivity index (χ0n) is 8.29. The van der Waals surface area contributed by atoms with E-state index in [2.05, 4.69) is 6.92 Å². The van der Waals surface area contributed by atoms with Gasteiger partial charge in [0, 0.05) is 7.11 Å². The van der Waals surface area contributed by atoms with Crippen molar-refractivity contribution in [3.05, 3.63) is 12.2 Å². The van der Waals surface area contributed by atoms with Crippen LogP contribution in [-0.2, 0) is 4.74 Å². The Morgan fingerprint density at radius 3 is 2.58 bits per heavy atom. The van der Waals surface area contributed by atoms with Crippen LogP contribution in [0.1, 0.15) is 33.1 Å². The molecule has 2 nitrogen and oxygen atoms in total. The van der Waals surface area contributed by atoms with Gasteiger partial charge in [-0.05, 0) is 13.3 Å². The van der Waals surface area contributed by atoms with Crippen molar-refractivity contribution in [1.29, 1.82) is 0 Å². The maximum atomic E-state index is 9.52. The molecule has 2 atom stereocenters. The molecule has 0 bridgehead atoms.